The number of nitrogens with one attached hydrogen (secondary N) is 1. The summed E-state index contributed by atoms with van der Waals surface area (Å²) in [5.41, 5.74) is 3.62. The first kappa shape index (κ1) is 23.4. The van der Waals surface area contributed by atoms with E-state index < -0.39 is 0 Å². The van der Waals surface area contributed by atoms with Crippen LogP contribution in [0, 0.1) is 22.7 Å². The molecule has 0 spiro atoms. The second-order valence-corrected chi connectivity index (χ2v) is 11.2. The normalized spacial score (nSPS) is 16.1. The highest BCUT2D eigenvalue weighted by Crippen LogP contribution is 2.44. The van der Waals surface area contributed by atoms with Crippen molar-refractivity contribution in [3.05, 3.63) is 41.6 Å². The molecule has 2 rings (SSSR count). The molecule has 0 aliphatic carbocycles. The number of rotatable bonds is 8. The van der Waals surface area contributed by atoms with Gasteiger partial charge in [0.1, 0.15) is 0 Å². The number of benzene rings is 1. The van der Waals surface area contributed by atoms with Crippen LogP contribution in [0.1, 0.15) is 84.8 Å². The molecule has 1 heterocycles. The molecule has 1 aromatic carbocycles. The van der Waals surface area contributed by atoms with Gasteiger partial charge < -0.3 is 0 Å². The molecule has 0 amide bonds. The number of hydrogen-bond donors (Lipinski definition) is 1. The van der Waals surface area contributed by atoms with Gasteiger partial charge >= 0.3 is 0 Å². The second-order valence-electron chi connectivity index (χ2n) is 9.28. The van der Waals surface area contributed by atoms with Crippen molar-refractivity contribution in [1.29, 1.82) is 10.7 Å². The van der Waals surface area contributed by atoms with E-state index in [1.165, 1.54) is 16.5 Å². The molecule has 3 atom stereocenters. The highest BCUT2D eigenvalue weighted by Gasteiger charge is 2.35. The molecule has 0 saturated heterocycles. The zero-order valence-corrected chi connectivity index (χ0v) is 19.8. The Kier molecular flexibility index (Phi) is 7.51. The molecule has 3 nitrogen and oxygen atoms in total. The van der Waals surface area contributed by atoms with Gasteiger partial charge in [-0.3, -0.25) is 10.4 Å². The smallest absolute Gasteiger partial charge is 0.0742 e. The Morgan fingerprint density at radius 3 is 2.52 bits per heavy atom. The topological polar surface area (TPSA) is 60.5 Å². The van der Waals surface area contributed by atoms with Gasteiger partial charge in [-0.05, 0) is 61.6 Å². The van der Waals surface area contributed by atoms with Crippen LogP contribution in [0.25, 0.3) is 10.9 Å². The summed E-state index contributed by atoms with van der Waals surface area (Å²) in [4.78, 5) is 4.81. The van der Waals surface area contributed by atoms with Crippen LogP contribution in [0.2, 0.25) is 0 Å². The second kappa shape index (κ2) is 9.30. The number of aromatic nitrogens is 1. The van der Waals surface area contributed by atoms with Crippen LogP contribution in [0.4, 0.5) is 0 Å². The van der Waals surface area contributed by atoms with E-state index in [0.29, 0.717) is 11.0 Å². The first-order chi connectivity index (χ1) is 13.5. The van der Waals surface area contributed by atoms with E-state index >= 15 is 0 Å². The van der Waals surface area contributed by atoms with E-state index in [9.17, 15) is 5.26 Å². The standard InChI is InChI=1S/C25H35N3S/c1-8-25(7,16-24(5,6)29-19(4)27)22-12-11-20(18(3)14-17(2)15-26)21-10-9-13-28-23(21)22/h9-13,17-18,27H,8,14,16H2,1-7H3. The molecule has 0 bridgehead atoms. The quantitative estimate of drug-likeness (QED) is 0.363. The Hall–Kier alpha value is -1.86. The van der Waals surface area contributed by atoms with Crippen molar-refractivity contribution in [2.24, 2.45) is 5.92 Å². The molecule has 0 aliphatic rings. The molecule has 4 heteroatoms. The van der Waals surface area contributed by atoms with Crippen molar-refractivity contribution in [2.75, 3.05) is 0 Å². The van der Waals surface area contributed by atoms with E-state index in [-0.39, 0.29) is 16.1 Å². The maximum Gasteiger partial charge on any atom is 0.0742 e. The predicted molar refractivity (Wildman–Crippen MR) is 127 cm³/mol. The summed E-state index contributed by atoms with van der Waals surface area (Å²) in [7, 11) is 0. The summed E-state index contributed by atoms with van der Waals surface area (Å²) in [5.74, 6) is 0.352. The fourth-order valence-corrected chi connectivity index (χ4v) is 5.84. The van der Waals surface area contributed by atoms with Gasteiger partial charge in [0, 0.05) is 22.2 Å². The monoisotopic (exact) mass is 409 g/mol. The van der Waals surface area contributed by atoms with Gasteiger partial charge in [0.2, 0.25) is 0 Å². The number of nitriles is 1. The van der Waals surface area contributed by atoms with Gasteiger partial charge in [-0.15, -0.1) is 11.8 Å². The lowest BCUT2D eigenvalue weighted by Crippen LogP contribution is -2.32. The van der Waals surface area contributed by atoms with Gasteiger partial charge in [-0.25, -0.2) is 0 Å². The van der Waals surface area contributed by atoms with Gasteiger partial charge in [-0.1, -0.05) is 52.8 Å². The maximum atomic E-state index is 9.22. The summed E-state index contributed by atoms with van der Waals surface area (Å²) < 4.78 is -0.0219. The molecule has 0 saturated carbocycles. The third-order valence-electron chi connectivity index (χ3n) is 5.94. The van der Waals surface area contributed by atoms with Crippen LogP contribution < -0.4 is 0 Å². The van der Waals surface area contributed by atoms with E-state index in [4.69, 9.17) is 10.4 Å². The highest BCUT2D eigenvalue weighted by atomic mass is 32.2. The Balaban J connectivity index is 2.54. The minimum Gasteiger partial charge on any atom is -0.299 e. The number of nitrogens with zero attached hydrogens (tertiary/aromatic N) is 2. The van der Waals surface area contributed by atoms with Crippen molar-refractivity contribution in [3.8, 4) is 6.07 Å². The third kappa shape index (κ3) is 5.60. The molecular formula is C25H35N3S. The van der Waals surface area contributed by atoms with Crippen LogP contribution in [0.3, 0.4) is 0 Å². The maximum absolute atomic E-state index is 9.22. The minimum absolute atomic E-state index is 0.0219. The first-order valence-corrected chi connectivity index (χ1v) is 11.4. The average molecular weight is 410 g/mol. The molecule has 0 aliphatic heterocycles. The zero-order valence-electron chi connectivity index (χ0n) is 19.0. The molecule has 2 aromatic rings. The minimum atomic E-state index is -0.0275. The van der Waals surface area contributed by atoms with Gasteiger partial charge in [-0.2, -0.15) is 5.26 Å². The molecule has 3 unspecified atom stereocenters. The van der Waals surface area contributed by atoms with E-state index in [1.54, 1.807) is 11.8 Å². The van der Waals surface area contributed by atoms with Crippen molar-refractivity contribution in [1.82, 2.24) is 4.98 Å². The van der Waals surface area contributed by atoms with Crippen molar-refractivity contribution in [2.45, 2.75) is 83.8 Å². The van der Waals surface area contributed by atoms with Crippen molar-refractivity contribution >= 4 is 27.7 Å². The molecule has 0 fully saturated rings. The molecular weight excluding hydrogens is 374 g/mol. The molecule has 1 N–H and O–H groups in total. The lowest BCUT2D eigenvalue weighted by atomic mass is 9.72. The Morgan fingerprint density at radius 1 is 1.24 bits per heavy atom. The lowest BCUT2D eigenvalue weighted by molar-refractivity contribution is 0.380. The van der Waals surface area contributed by atoms with E-state index in [0.717, 1.165) is 24.8 Å². The Bertz CT molecular complexity index is 912. The fourth-order valence-electron chi connectivity index (χ4n) is 4.62. The largest absolute Gasteiger partial charge is 0.299 e. The van der Waals surface area contributed by atoms with Gasteiger partial charge in [0.25, 0.3) is 0 Å². The van der Waals surface area contributed by atoms with Gasteiger partial charge in [0.15, 0.2) is 0 Å². The van der Waals surface area contributed by atoms with Crippen molar-refractivity contribution < 1.29 is 0 Å². The van der Waals surface area contributed by atoms with E-state index in [2.05, 4.69) is 58.9 Å². The molecule has 1 aromatic heterocycles. The summed E-state index contributed by atoms with van der Waals surface area (Å²) in [6.45, 7) is 15.1. The van der Waals surface area contributed by atoms with E-state index in [1.807, 2.05) is 26.1 Å². The number of hydrogen-bond acceptors (Lipinski definition) is 4. The number of fused-ring (bicyclic) bond motifs is 1. The Morgan fingerprint density at radius 2 is 1.93 bits per heavy atom. The molecule has 29 heavy (non-hydrogen) atoms. The Labute approximate surface area is 180 Å². The van der Waals surface area contributed by atoms with Crippen molar-refractivity contribution in [3.63, 3.8) is 0 Å². The zero-order chi connectivity index (χ0) is 21.8. The predicted octanol–water partition coefficient (Wildman–Crippen LogP) is 7.45. The SMILES string of the molecule is CCC(C)(CC(C)(C)SC(C)=N)c1ccc(C(C)CC(C)C#N)c2cccnc12. The van der Waals surface area contributed by atoms with Crippen LogP contribution in [-0.4, -0.2) is 14.8 Å². The average Bonchev–Trinajstić information content (AvgIpc) is 2.65. The first-order valence-electron chi connectivity index (χ1n) is 10.5. The highest BCUT2D eigenvalue weighted by molar-refractivity contribution is 8.14. The summed E-state index contributed by atoms with van der Waals surface area (Å²) >= 11 is 1.65. The molecule has 0 radical (unpaired) electrons. The fraction of sp³-hybridized carbons (Fsp3) is 0.560. The van der Waals surface area contributed by atoms with Gasteiger partial charge in [0.05, 0.1) is 16.6 Å². The number of thioether (sulfide) groups is 1. The van der Waals surface area contributed by atoms with Crippen LogP contribution in [0.15, 0.2) is 30.5 Å². The lowest BCUT2D eigenvalue weighted by Gasteiger charge is -2.37. The third-order valence-corrected chi connectivity index (χ3v) is 6.94. The number of pyridine rings is 1. The molecule has 156 valence electrons. The van der Waals surface area contributed by atoms with Crippen LogP contribution in [0.5, 0.6) is 0 Å². The summed E-state index contributed by atoms with van der Waals surface area (Å²) in [6, 6.07) is 11.1. The summed E-state index contributed by atoms with van der Waals surface area (Å²) in [5, 5.41) is 19.0. The van der Waals surface area contributed by atoms with Crippen LogP contribution in [-0.2, 0) is 5.41 Å². The van der Waals surface area contributed by atoms with Crippen LogP contribution >= 0.6 is 11.8 Å². The summed E-state index contributed by atoms with van der Waals surface area (Å²) in [6.07, 6.45) is 4.73.